The van der Waals surface area contributed by atoms with Crippen molar-refractivity contribution in [2.24, 2.45) is 0 Å². The molecule has 0 unspecified atom stereocenters. The van der Waals surface area contributed by atoms with Gasteiger partial charge in [0.2, 0.25) is 5.88 Å². The van der Waals surface area contributed by atoms with Gasteiger partial charge in [0, 0.05) is 29.9 Å². The van der Waals surface area contributed by atoms with Crippen molar-refractivity contribution in [1.82, 2.24) is 9.55 Å². The molecule has 2 aromatic carbocycles. The van der Waals surface area contributed by atoms with Gasteiger partial charge in [0.15, 0.2) is 0 Å². The maximum atomic E-state index is 5.54. The van der Waals surface area contributed by atoms with Crippen LogP contribution in [0.3, 0.4) is 0 Å². The molecular formula is C22H20N2O. The standard InChI is InChI=1S/C22H20N2O/c1-25-22-21-19(12-14-23-22)20(18-10-6-3-7-11-18)16-24(21)15-13-17-8-4-2-5-9-17/h2-12,14,16H,13,15H2,1H3. The molecular weight excluding hydrogens is 308 g/mol. The molecule has 0 bridgehead atoms. The van der Waals surface area contributed by atoms with Crippen molar-refractivity contribution < 1.29 is 4.74 Å². The van der Waals surface area contributed by atoms with Gasteiger partial charge in [0.25, 0.3) is 0 Å². The lowest BCUT2D eigenvalue weighted by Gasteiger charge is -2.08. The Balaban J connectivity index is 1.80. The van der Waals surface area contributed by atoms with E-state index in [0.29, 0.717) is 5.88 Å². The summed E-state index contributed by atoms with van der Waals surface area (Å²) in [5.41, 5.74) is 4.80. The average molecular weight is 328 g/mol. The molecule has 0 saturated heterocycles. The molecule has 0 N–H and O–H groups in total. The summed E-state index contributed by atoms with van der Waals surface area (Å²) in [5.74, 6) is 0.674. The van der Waals surface area contributed by atoms with Crippen molar-refractivity contribution in [3.8, 4) is 17.0 Å². The lowest BCUT2D eigenvalue weighted by molar-refractivity contribution is 0.400. The van der Waals surface area contributed by atoms with Crippen molar-refractivity contribution in [3.05, 3.63) is 84.7 Å². The number of pyridine rings is 1. The Hall–Kier alpha value is -3.07. The smallest absolute Gasteiger partial charge is 0.238 e. The van der Waals surface area contributed by atoms with E-state index < -0.39 is 0 Å². The molecule has 0 aliphatic rings. The molecule has 0 spiro atoms. The summed E-state index contributed by atoms with van der Waals surface area (Å²) < 4.78 is 7.80. The number of hydrogen-bond donors (Lipinski definition) is 0. The second kappa shape index (κ2) is 6.81. The lowest BCUT2D eigenvalue weighted by Crippen LogP contribution is -2.01. The molecule has 0 saturated carbocycles. The molecule has 2 aromatic heterocycles. The number of fused-ring (bicyclic) bond motifs is 1. The van der Waals surface area contributed by atoms with E-state index in [4.69, 9.17) is 4.74 Å². The van der Waals surface area contributed by atoms with Crippen LogP contribution < -0.4 is 4.74 Å². The minimum Gasteiger partial charge on any atom is -0.479 e. The predicted octanol–water partition coefficient (Wildman–Crippen LogP) is 4.95. The van der Waals surface area contributed by atoms with E-state index in [2.05, 4.69) is 76.4 Å². The van der Waals surface area contributed by atoms with Gasteiger partial charge in [0.1, 0.15) is 5.52 Å². The van der Waals surface area contributed by atoms with Crippen LogP contribution in [0, 0.1) is 0 Å². The Morgan fingerprint density at radius 3 is 2.36 bits per heavy atom. The van der Waals surface area contributed by atoms with Crippen LogP contribution in [0.2, 0.25) is 0 Å². The molecule has 3 heteroatoms. The van der Waals surface area contributed by atoms with Crippen molar-refractivity contribution >= 4 is 10.9 Å². The third-order valence-corrected chi connectivity index (χ3v) is 4.52. The molecule has 0 amide bonds. The number of benzene rings is 2. The van der Waals surface area contributed by atoms with Gasteiger partial charge >= 0.3 is 0 Å². The number of ether oxygens (including phenoxy) is 1. The molecule has 0 radical (unpaired) electrons. The maximum absolute atomic E-state index is 5.54. The molecule has 2 heterocycles. The Morgan fingerprint density at radius 1 is 0.920 bits per heavy atom. The van der Waals surface area contributed by atoms with E-state index in [-0.39, 0.29) is 0 Å². The summed E-state index contributed by atoms with van der Waals surface area (Å²) in [4.78, 5) is 4.40. The number of aromatic nitrogens is 2. The van der Waals surface area contributed by atoms with Crippen LogP contribution in [0.15, 0.2) is 79.1 Å². The van der Waals surface area contributed by atoms with Crippen LogP contribution >= 0.6 is 0 Å². The molecule has 25 heavy (non-hydrogen) atoms. The van der Waals surface area contributed by atoms with Crippen LogP contribution in [0.4, 0.5) is 0 Å². The second-order valence-corrected chi connectivity index (χ2v) is 6.05. The molecule has 0 aliphatic carbocycles. The molecule has 0 atom stereocenters. The van der Waals surface area contributed by atoms with Gasteiger partial charge < -0.3 is 9.30 Å². The highest BCUT2D eigenvalue weighted by Gasteiger charge is 2.15. The fourth-order valence-corrected chi connectivity index (χ4v) is 3.29. The summed E-state index contributed by atoms with van der Waals surface area (Å²) in [6.45, 7) is 0.884. The van der Waals surface area contributed by atoms with E-state index in [1.165, 1.54) is 22.1 Å². The number of aryl methyl sites for hydroxylation is 2. The third-order valence-electron chi connectivity index (χ3n) is 4.52. The number of hydrogen-bond acceptors (Lipinski definition) is 2. The molecule has 0 aliphatic heterocycles. The van der Waals surface area contributed by atoms with Gasteiger partial charge in [-0.2, -0.15) is 0 Å². The summed E-state index contributed by atoms with van der Waals surface area (Å²) in [5, 5.41) is 1.17. The number of rotatable bonds is 5. The first kappa shape index (κ1) is 15.5. The minimum atomic E-state index is 0.674. The summed E-state index contributed by atoms with van der Waals surface area (Å²) in [7, 11) is 1.68. The zero-order chi connectivity index (χ0) is 17.1. The monoisotopic (exact) mass is 328 g/mol. The van der Waals surface area contributed by atoms with Gasteiger partial charge in [-0.05, 0) is 23.6 Å². The first-order valence-corrected chi connectivity index (χ1v) is 8.48. The molecule has 124 valence electrons. The highest BCUT2D eigenvalue weighted by Crippen LogP contribution is 2.34. The van der Waals surface area contributed by atoms with Gasteiger partial charge in [0.05, 0.1) is 7.11 Å². The van der Waals surface area contributed by atoms with E-state index >= 15 is 0 Å². The van der Waals surface area contributed by atoms with Crippen molar-refractivity contribution in [2.45, 2.75) is 13.0 Å². The Labute approximate surface area is 147 Å². The average Bonchev–Trinajstić information content (AvgIpc) is 3.07. The highest BCUT2D eigenvalue weighted by atomic mass is 16.5. The zero-order valence-corrected chi connectivity index (χ0v) is 14.2. The normalized spacial score (nSPS) is 10.9. The summed E-state index contributed by atoms with van der Waals surface area (Å²) >= 11 is 0. The van der Waals surface area contributed by atoms with Crippen LogP contribution in [-0.2, 0) is 13.0 Å². The fourth-order valence-electron chi connectivity index (χ4n) is 3.29. The van der Waals surface area contributed by atoms with Gasteiger partial charge in [-0.15, -0.1) is 0 Å². The summed E-state index contributed by atoms with van der Waals surface area (Å²) in [6, 6.07) is 23.1. The van der Waals surface area contributed by atoms with Gasteiger partial charge in [-0.25, -0.2) is 4.98 Å². The highest BCUT2D eigenvalue weighted by molar-refractivity contribution is 5.98. The topological polar surface area (TPSA) is 27.1 Å². The zero-order valence-electron chi connectivity index (χ0n) is 14.2. The maximum Gasteiger partial charge on any atom is 0.238 e. The Bertz CT molecular complexity index is 975. The Morgan fingerprint density at radius 2 is 1.64 bits per heavy atom. The van der Waals surface area contributed by atoms with E-state index in [1.54, 1.807) is 7.11 Å². The number of nitrogens with zero attached hydrogens (tertiary/aromatic N) is 2. The Kier molecular flexibility index (Phi) is 4.21. The molecule has 0 fully saturated rings. The third kappa shape index (κ3) is 3.01. The van der Waals surface area contributed by atoms with Gasteiger partial charge in [-0.1, -0.05) is 60.7 Å². The van der Waals surface area contributed by atoms with E-state index in [1.807, 2.05) is 12.3 Å². The predicted molar refractivity (Wildman–Crippen MR) is 102 cm³/mol. The SMILES string of the molecule is COc1nccc2c(-c3ccccc3)cn(CCc3ccccc3)c12. The van der Waals surface area contributed by atoms with Crippen LogP contribution in [0.5, 0.6) is 5.88 Å². The van der Waals surface area contributed by atoms with Crippen LogP contribution in [0.1, 0.15) is 5.56 Å². The van der Waals surface area contributed by atoms with Gasteiger partial charge in [-0.3, -0.25) is 0 Å². The fraction of sp³-hybridized carbons (Fsp3) is 0.136. The quantitative estimate of drug-likeness (QED) is 0.518. The molecule has 4 rings (SSSR count). The van der Waals surface area contributed by atoms with E-state index in [0.717, 1.165) is 18.5 Å². The molecule has 3 nitrogen and oxygen atoms in total. The first-order valence-electron chi connectivity index (χ1n) is 8.48. The largest absolute Gasteiger partial charge is 0.479 e. The van der Waals surface area contributed by atoms with Crippen molar-refractivity contribution in [2.75, 3.05) is 7.11 Å². The first-order chi connectivity index (χ1) is 12.4. The van der Waals surface area contributed by atoms with Crippen molar-refractivity contribution in [3.63, 3.8) is 0 Å². The number of methoxy groups -OCH3 is 1. The second-order valence-electron chi connectivity index (χ2n) is 6.05. The molecule has 4 aromatic rings. The summed E-state index contributed by atoms with van der Waals surface area (Å²) in [6.07, 6.45) is 5.00. The minimum absolute atomic E-state index is 0.674. The van der Waals surface area contributed by atoms with E-state index in [9.17, 15) is 0 Å². The van der Waals surface area contributed by atoms with Crippen LogP contribution in [0.25, 0.3) is 22.0 Å². The lowest BCUT2D eigenvalue weighted by atomic mass is 10.1. The van der Waals surface area contributed by atoms with Crippen molar-refractivity contribution in [1.29, 1.82) is 0 Å². The van der Waals surface area contributed by atoms with Crippen LogP contribution in [-0.4, -0.2) is 16.7 Å².